The highest BCUT2D eigenvalue weighted by atomic mass is 16.5. The van der Waals surface area contributed by atoms with Gasteiger partial charge in [0.15, 0.2) is 5.96 Å². The maximum absolute atomic E-state index is 5.61. The summed E-state index contributed by atoms with van der Waals surface area (Å²) in [5, 5.41) is 6.73. The molecule has 20 heavy (non-hydrogen) atoms. The highest BCUT2D eigenvalue weighted by Gasteiger charge is 2.15. The van der Waals surface area contributed by atoms with Crippen LogP contribution in [0, 0.1) is 0 Å². The van der Waals surface area contributed by atoms with Crippen molar-refractivity contribution in [2.24, 2.45) is 4.99 Å². The lowest BCUT2D eigenvalue weighted by molar-refractivity contribution is 0.117. The zero-order valence-corrected chi connectivity index (χ0v) is 12.9. The van der Waals surface area contributed by atoms with Gasteiger partial charge in [-0.05, 0) is 58.7 Å². The summed E-state index contributed by atoms with van der Waals surface area (Å²) in [6, 6.07) is 0. The van der Waals surface area contributed by atoms with Crippen molar-refractivity contribution in [3.63, 3.8) is 0 Å². The lowest BCUT2D eigenvalue weighted by Crippen LogP contribution is -2.39. The van der Waals surface area contributed by atoms with E-state index in [1.807, 2.05) is 0 Å². The van der Waals surface area contributed by atoms with Crippen LogP contribution in [0.4, 0.5) is 0 Å². The molecule has 2 N–H and O–H groups in total. The highest BCUT2D eigenvalue weighted by molar-refractivity contribution is 5.79. The fourth-order valence-electron chi connectivity index (χ4n) is 2.84. The van der Waals surface area contributed by atoms with E-state index in [2.05, 4.69) is 27.4 Å². The topological polar surface area (TPSA) is 48.9 Å². The first-order valence-electron chi connectivity index (χ1n) is 8.24. The standard InChI is InChI=1S/C15H30N4O/c1-2-16-15(18-13-14-7-5-12-20-14)17-8-6-11-19-9-3-4-10-19/h14H,2-13H2,1H3,(H2,16,17,18). The van der Waals surface area contributed by atoms with Crippen LogP contribution in [-0.2, 0) is 4.74 Å². The molecule has 2 aliphatic rings. The molecule has 0 aliphatic carbocycles. The van der Waals surface area contributed by atoms with E-state index in [1.54, 1.807) is 0 Å². The number of hydrogen-bond acceptors (Lipinski definition) is 3. The molecule has 2 rings (SSSR count). The molecule has 2 aliphatic heterocycles. The second-order valence-electron chi connectivity index (χ2n) is 5.68. The first-order chi connectivity index (χ1) is 9.88. The molecule has 0 bridgehead atoms. The van der Waals surface area contributed by atoms with Gasteiger partial charge in [0.1, 0.15) is 0 Å². The van der Waals surface area contributed by atoms with Gasteiger partial charge in [-0.1, -0.05) is 0 Å². The smallest absolute Gasteiger partial charge is 0.191 e. The molecule has 1 atom stereocenters. The number of likely N-dealkylation sites (tertiary alicyclic amines) is 1. The monoisotopic (exact) mass is 282 g/mol. The molecule has 1 unspecified atom stereocenters. The lowest BCUT2D eigenvalue weighted by atomic mass is 10.2. The minimum atomic E-state index is 0.329. The summed E-state index contributed by atoms with van der Waals surface area (Å²) >= 11 is 0. The Morgan fingerprint density at radius 1 is 1.25 bits per heavy atom. The van der Waals surface area contributed by atoms with E-state index in [0.717, 1.165) is 38.6 Å². The Labute approximate surface area is 123 Å². The number of ether oxygens (including phenoxy) is 1. The molecule has 0 aromatic heterocycles. The Morgan fingerprint density at radius 2 is 2.10 bits per heavy atom. The van der Waals surface area contributed by atoms with Crippen molar-refractivity contribution >= 4 is 5.96 Å². The molecule has 5 heteroatoms. The number of guanidine groups is 1. The molecule has 0 amide bonds. The Balaban J connectivity index is 1.61. The molecule has 0 radical (unpaired) electrons. The second kappa shape index (κ2) is 9.19. The first kappa shape index (κ1) is 15.6. The summed E-state index contributed by atoms with van der Waals surface area (Å²) in [5.41, 5.74) is 0. The van der Waals surface area contributed by atoms with Crippen LogP contribution in [0.1, 0.15) is 39.0 Å². The Hall–Kier alpha value is -0.810. The van der Waals surface area contributed by atoms with Crippen LogP contribution in [0.25, 0.3) is 0 Å². The van der Waals surface area contributed by atoms with Crippen molar-refractivity contribution in [3.05, 3.63) is 0 Å². The minimum absolute atomic E-state index is 0.329. The van der Waals surface area contributed by atoms with Gasteiger partial charge in [-0.3, -0.25) is 4.99 Å². The van der Waals surface area contributed by atoms with Crippen LogP contribution in [0.15, 0.2) is 4.99 Å². The number of aliphatic imine (C=N–C) groups is 1. The van der Waals surface area contributed by atoms with Crippen molar-refractivity contribution in [1.29, 1.82) is 0 Å². The summed E-state index contributed by atoms with van der Waals surface area (Å²) in [4.78, 5) is 7.17. The van der Waals surface area contributed by atoms with E-state index in [0.29, 0.717) is 6.10 Å². The molecule has 0 aromatic carbocycles. The average molecular weight is 282 g/mol. The van der Waals surface area contributed by atoms with E-state index >= 15 is 0 Å². The van der Waals surface area contributed by atoms with Crippen LogP contribution < -0.4 is 10.6 Å². The Morgan fingerprint density at radius 3 is 2.80 bits per heavy atom. The van der Waals surface area contributed by atoms with Crippen molar-refractivity contribution in [2.45, 2.75) is 45.1 Å². The van der Waals surface area contributed by atoms with Gasteiger partial charge in [-0.15, -0.1) is 0 Å². The SMILES string of the molecule is CCNC(=NCC1CCCO1)NCCCN1CCCC1. The molecular formula is C15H30N4O. The van der Waals surface area contributed by atoms with E-state index < -0.39 is 0 Å². The van der Waals surface area contributed by atoms with E-state index in [-0.39, 0.29) is 0 Å². The third kappa shape index (κ3) is 5.67. The first-order valence-corrected chi connectivity index (χ1v) is 8.24. The molecular weight excluding hydrogens is 252 g/mol. The molecule has 0 saturated carbocycles. The molecule has 2 saturated heterocycles. The molecule has 2 fully saturated rings. The van der Waals surface area contributed by atoms with Gasteiger partial charge >= 0.3 is 0 Å². The molecule has 0 aromatic rings. The van der Waals surface area contributed by atoms with E-state index in [1.165, 1.54) is 45.3 Å². The molecule has 5 nitrogen and oxygen atoms in total. The Kier molecular flexibility index (Phi) is 7.15. The largest absolute Gasteiger partial charge is 0.376 e. The van der Waals surface area contributed by atoms with Gasteiger partial charge in [-0.25, -0.2) is 0 Å². The normalized spacial score (nSPS) is 24.2. The third-order valence-corrected chi connectivity index (χ3v) is 3.96. The van der Waals surface area contributed by atoms with Crippen molar-refractivity contribution in [2.75, 3.05) is 45.9 Å². The molecule has 116 valence electrons. The zero-order valence-electron chi connectivity index (χ0n) is 12.9. The number of rotatable bonds is 7. The zero-order chi connectivity index (χ0) is 14.0. The van der Waals surface area contributed by atoms with Crippen LogP contribution in [0.2, 0.25) is 0 Å². The summed E-state index contributed by atoms with van der Waals surface area (Å²) < 4.78 is 5.61. The summed E-state index contributed by atoms with van der Waals surface area (Å²) in [6.07, 6.45) is 6.59. The predicted octanol–water partition coefficient (Wildman–Crippen LogP) is 1.21. The van der Waals surface area contributed by atoms with Crippen LogP contribution in [0.5, 0.6) is 0 Å². The summed E-state index contributed by atoms with van der Waals surface area (Å²) in [6.45, 7) is 9.46. The van der Waals surface area contributed by atoms with Crippen LogP contribution in [-0.4, -0.2) is 62.8 Å². The average Bonchev–Trinajstić information content (AvgIpc) is 3.13. The maximum atomic E-state index is 5.61. The van der Waals surface area contributed by atoms with Gasteiger partial charge < -0.3 is 20.3 Å². The number of hydrogen-bond donors (Lipinski definition) is 2. The number of nitrogens with zero attached hydrogens (tertiary/aromatic N) is 2. The van der Waals surface area contributed by atoms with Gasteiger partial charge in [-0.2, -0.15) is 0 Å². The quantitative estimate of drug-likeness (QED) is 0.419. The van der Waals surface area contributed by atoms with Crippen LogP contribution >= 0.6 is 0 Å². The fraction of sp³-hybridized carbons (Fsp3) is 0.933. The minimum Gasteiger partial charge on any atom is -0.376 e. The van der Waals surface area contributed by atoms with Crippen molar-refractivity contribution in [3.8, 4) is 0 Å². The van der Waals surface area contributed by atoms with Gasteiger partial charge in [0, 0.05) is 19.7 Å². The second-order valence-corrected chi connectivity index (χ2v) is 5.68. The summed E-state index contributed by atoms with van der Waals surface area (Å²) in [7, 11) is 0. The molecule has 2 heterocycles. The summed E-state index contributed by atoms with van der Waals surface area (Å²) in [5.74, 6) is 0.935. The van der Waals surface area contributed by atoms with E-state index in [4.69, 9.17) is 4.74 Å². The van der Waals surface area contributed by atoms with Gasteiger partial charge in [0.2, 0.25) is 0 Å². The Bertz CT molecular complexity index is 284. The van der Waals surface area contributed by atoms with Crippen molar-refractivity contribution in [1.82, 2.24) is 15.5 Å². The number of nitrogens with one attached hydrogen (secondary N) is 2. The van der Waals surface area contributed by atoms with Crippen LogP contribution in [0.3, 0.4) is 0 Å². The highest BCUT2D eigenvalue weighted by Crippen LogP contribution is 2.11. The molecule has 0 spiro atoms. The lowest BCUT2D eigenvalue weighted by Gasteiger charge is -2.16. The van der Waals surface area contributed by atoms with Crippen molar-refractivity contribution < 1.29 is 4.74 Å². The fourth-order valence-corrected chi connectivity index (χ4v) is 2.84. The van der Waals surface area contributed by atoms with Gasteiger partial charge in [0.25, 0.3) is 0 Å². The third-order valence-electron chi connectivity index (χ3n) is 3.96. The van der Waals surface area contributed by atoms with E-state index in [9.17, 15) is 0 Å². The maximum Gasteiger partial charge on any atom is 0.191 e. The predicted molar refractivity (Wildman–Crippen MR) is 83.2 cm³/mol. The van der Waals surface area contributed by atoms with Gasteiger partial charge in [0.05, 0.1) is 12.6 Å².